The summed E-state index contributed by atoms with van der Waals surface area (Å²) >= 11 is 0. The molecule has 2 heteroatoms. The maximum absolute atomic E-state index is 5.43. The van der Waals surface area contributed by atoms with Gasteiger partial charge in [-0.05, 0) is 19.3 Å². The number of benzene rings is 1. The zero-order valence-corrected chi connectivity index (χ0v) is 10.0. The molecule has 0 fully saturated rings. The first-order valence-corrected chi connectivity index (χ1v) is 5.69. The van der Waals surface area contributed by atoms with Crippen molar-refractivity contribution in [3.8, 4) is 11.3 Å². The summed E-state index contributed by atoms with van der Waals surface area (Å²) in [6, 6.07) is 10.2. The van der Waals surface area contributed by atoms with E-state index in [1.54, 1.807) is 0 Å². The summed E-state index contributed by atoms with van der Waals surface area (Å²) in [5.74, 6) is 1.53. The molecule has 0 atom stereocenters. The molecule has 0 aliphatic carbocycles. The monoisotopic (exact) mass is 215 g/mol. The second-order valence-corrected chi connectivity index (χ2v) is 4.54. The van der Waals surface area contributed by atoms with Gasteiger partial charge in [-0.3, -0.25) is 0 Å². The average Bonchev–Trinajstić information content (AvgIpc) is 2.61. The van der Waals surface area contributed by atoms with Crippen molar-refractivity contribution in [2.24, 2.45) is 5.92 Å². The average molecular weight is 215 g/mol. The summed E-state index contributed by atoms with van der Waals surface area (Å²) in [7, 11) is 0. The summed E-state index contributed by atoms with van der Waals surface area (Å²) in [5, 5.41) is 4.07. The third-order valence-corrected chi connectivity index (χ3v) is 2.63. The van der Waals surface area contributed by atoms with E-state index in [9.17, 15) is 0 Å². The Morgan fingerprint density at radius 2 is 1.88 bits per heavy atom. The van der Waals surface area contributed by atoms with E-state index in [-0.39, 0.29) is 0 Å². The fraction of sp³-hybridized carbons (Fsp3) is 0.357. The normalized spacial score (nSPS) is 11.0. The largest absolute Gasteiger partial charge is 0.356 e. The molecule has 2 aromatic rings. The minimum Gasteiger partial charge on any atom is -0.356 e. The molecule has 0 aliphatic heterocycles. The molecule has 2 rings (SSSR count). The molecule has 0 spiro atoms. The Labute approximate surface area is 96.3 Å². The van der Waals surface area contributed by atoms with Crippen molar-refractivity contribution in [2.75, 3.05) is 0 Å². The van der Waals surface area contributed by atoms with Crippen LogP contribution in [0, 0.1) is 12.8 Å². The Balaban J connectivity index is 2.42. The van der Waals surface area contributed by atoms with Gasteiger partial charge in [0.15, 0.2) is 5.76 Å². The van der Waals surface area contributed by atoms with Crippen molar-refractivity contribution < 1.29 is 4.52 Å². The number of hydrogen-bond donors (Lipinski definition) is 0. The summed E-state index contributed by atoms with van der Waals surface area (Å²) in [6.07, 6.45) is 1.01. The Hall–Kier alpha value is -1.57. The maximum atomic E-state index is 5.43. The number of rotatable bonds is 3. The summed E-state index contributed by atoms with van der Waals surface area (Å²) in [5.41, 5.74) is 3.35. The van der Waals surface area contributed by atoms with Crippen molar-refractivity contribution in [2.45, 2.75) is 27.2 Å². The van der Waals surface area contributed by atoms with Crippen LogP contribution in [-0.4, -0.2) is 5.16 Å². The highest BCUT2D eigenvalue weighted by Crippen LogP contribution is 2.27. The van der Waals surface area contributed by atoms with E-state index in [0.29, 0.717) is 5.92 Å². The molecule has 1 aromatic heterocycles. The fourth-order valence-electron chi connectivity index (χ4n) is 1.85. The van der Waals surface area contributed by atoms with Crippen molar-refractivity contribution in [3.63, 3.8) is 0 Å². The van der Waals surface area contributed by atoms with Gasteiger partial charge in [-0.15, -0.1) is 0 Å². The van der Waals surface area contributed by atoms with Gasteiger partial charge in [-0.2, -0.15) is 0 Å². The second kappa shape index (κ2) is 4.52. The predicted molar refractivity (Wildman–Crippen MR) is 65.2 cm³/mol. The van der Waals surface area contributed by atoms with Crippen LogP contribution >= 0.6 is 0 Å². The highest BCUT2D eigenvalue weighted by molar-refractivity contribution is 5.61. The number of aryl methyl sites for hydroxylation is 1. The highest BCUT2D eigenvalue weighted by Gasteiger charge is 2.15. The molecule has 0 radical (unpaired) electrons. The van der Waals surface area contributed by atoms with Gasteiger partial charge < -0.3 is 4.52 Å². The standard InChI is InChI=1S/C14H17NO/c1-10(2)9-13-11(3)15-16-14(13)12-7-5-4-6-8-12/h4-8,10H,9H2,1-3H3. The quantitative estimate of drug-likeness (QED) is 0.777. The lowest BCUT2D eigenvalue weighted by Crippen LogP contribution is -1.96. The van der Waals surface area contributed by atoms with Gasteiger partial charge in [-0.25, -0.2) is 0 Å². The van der Waals surface area contributed by atoms with Crippen LogP contribution in [0.2, 0.25) is 0 Å². The van der Waals surface area contributed by atoms with Gasteiger partial charge in [0.05, 0.1) is 5.69 Å². The number of aromatic nitrogens is 1. The Bertz CT molecular complexity index is 457. The molecular formula is C14H17NO. The van der Waals surface area contributed by atoms with Crippen LogP contribution < -0.4 is 0 Å². The van der Waals surface area contributed by atoms with E-state index in [1.807, 2.05) is 25.1 Å². The molecule has 0 bridgehead atoms. The van der Waals surface area contributed by atoms with E-state index in [1.165, 1.54) is 5.56 Å². The lowest BCUT2D eigenvalue weighted by atomic mass is 9.98. The predicted octanol–water partition coefficient (Wildman–Crippen LogP) is 3.85. The molecule has 2 nitrogen and oxygen atoms in total. The van der Waals surface area contributed by atoms with Crippen molar-refractivity contribution in [1.82, 2.24) is 5.16 Å². The van der Waals surface area contributed by atoms with Gasteiger partial charge in [0.25, 0.3) is 0 Å². The van der Waals surface area contributed by atoms with Crippen LogP contribution in [0.5, 0.6) is 0 Å². The van der Waals surface area contributed by atoms with Crippen molar-refractivity contribution in [3.05, 3.63) is 41.6 Å². The van der Waals surface area contributed by atoms with E-state index < -0.39 is 0 Å². The van der Waals surface area contributed by atoms with Crippen LogP contribution in [0.25, 0.3) is 11.3 Å². The molecule has 0 saturated carbocycles. The molecule has 0 unspecified atom stereocenters. The minimum absolute atomic E-state index is 0.612. The molecule has 0 amide bonds. The SMILES string of the molecule is Cc1noc(-c2ccccc2)c1CC(C)C. The lowest BCUT2D eigenvalue weighted by molar-refractivity contribution is 0.426. The van der Waals surface area contributed by atoms with Crippen LogP contribution in [0.15, 0.2) is 34.9 Å². The molecule has 84 valence electrons. The molecule has 16 heavy (non-hydrogen) atoms. The Morgan fingerprint density at radius 1 is 1.19 bits per heavy atom. The van der Waals surface area contributed by atoms with Crippen LogP contribution in [0.3, 0.4) is 0 Å². The second-order valence-electron chi connectivity index (χ2n) is 4.54. The zero-order chi connectivity index (χ0) is 11.5. The van der Waals surface area contributed by atoms with E-state index in [2.05, 4.69) is 31.1 Å². The summed E-state index contributed by atoms with van der Waals surface area (Å²) in [6.45, 7) is 6.43. The molecular weight excluding hydrogens is 198 g/mol. The van der Waals surface area contributed by atoms with E-state index >= 15 is 0 Å². The first-order chi connectivity index (χ1) is 7.68. The van der Waals surface area contributed by atoms with E-state index in [0.717, 1.165) is 23.4 Å². The summed E-state index contributed by atoms with van der Waals surface area (Å²) in [4.78, 5) is 0. The maximum Gasteiger partial charge on any atom is 0.170 e. The Morgan fingerprint density at radius 3 is 2.50 bits per heavy atom. The van der Waals surface area contributed by atoms with Gasteiger partial charge in [0.1, 0.15) is 0 Å². The van der Waals surface area contributed by atoms with E-state index in [4.69, 9.17) is 4.52 Å². The van der Waals surface area contributed by atoms with Gasteiger partial charge in [0, 0.05) is 11.1 Å². The summed E-state index contributed by atoms with van der Waals surface area (Å²) < 4.78 is 5.43. The van der Waals surface area contributed by atoms with Gasteiger partial charge >= 0.3 is 0 Å². The molecule has 1 aromatic carbocycles. The first-order valence-electron chi connectivity index (χ1n) is 5.69. The highest BCUT2D eigenvalue weighted by atomic mass is 16.5. The number of hydrogen-bond acceptors (Lipinski definition) is 2. The number of nitrogens with zero attached hydrogens (tertiary/aromatic N) is 1. The Kier molecular flexibility index (Phi) is 3.09. The van der Waals surface area contributed by atoms with Crippen LogP contribution in [0.4, 0.5) is 0 Å². The molecule has 0 N–H and O–H groups in total. The van der Waals surface area contributed by atoms with Crippen LogP contribution in [-0.2, 0) is 6.42 Å². The first kappa shape index (κ1) is 10.9. The minimum atomic E-state index is 0.612. The fourth-order valence-corrected chi connectivity index (χ4v) is 1.85. The molecule has 0 saturated heterocycles. The van der Waals surface area contributed by atoms with Gasteiger partial charge in [0.2, 0.25) is 0 Å². The third kappa shape index (κ3) is 2.16. The van der Waals surface area contributed by atoms with Gasteiger partial charge in [-0.1, -0.05) is 49.3 Å². The molecule has 1 heterocycles. The van der Waals surface area contributed by atoms with Crippen molar-refractivity contribution in [1.29, 1.82) is 0 Å². The third-order valence-electron chi connectivity index (χ3n) is 2.63. The topological polar surface area (TPSA) is 26.0 Å². The zero-order valence-electron chi connectivity index (χ0n) is 10.0. The smallest absolute Gasteiger partial charge is 0.170 e. The van der Waals surface area contributed by atoms with Crippen LogP contribution in [0.1, 0.15) is 25.1 Å². The van der Waals surface area contributed by atoms with Crippen molar-refractivity contribution >= 4 is 0 Å². The molecule has 0 aliphatic rings. The lowest BCUT2D eigenvalue weighted by Gasteiger charge is -2.05.